The smallest absolute Gasteiger partial charge is 0.259 e. The second-order valence-corrected chi connectivity index (χ2v) is 6.70. The summed E-state index contributed by atoms with van der Waals surface area (Å²) < 4.78 is 1.01. The van der Waals surface area contributed by atoms with Crippen molar-refractivity contribution < 1.29 is 4.79 Å². The number of hydrogen-bond acceptors (Lipinski definition) is 4. The van der Waals surface area contributed by atoms with Crippen molar-refractivity contribution in [2.24, 2.45) is 5.10 Å². The first-order valence-corrected chi connectivity index (χ1v) is 8.67. The molecule has 0 fully saturated rings. The van der Waals surface area contributed by atoms with E-state index in [-0.39, 0.29) is 12.5 Å². The minimum Gasteiger partial charge on any atom is -0.376 e. The zero-order valence-electron chi connectivity index (χ0n) is 12.1. The van der Waals surface area contributed by atoms with E-state index < -0.39 is 0 Å². The summed E-state index contributed by atoms with van der Waals surface area (Å²) in [6, 6.07) is 16.0. The third-order valence-corrected chi connectivity index (χ3v) is 4.83. The van der Waals surface area contributed by atoms with Crippen LogP contribution in [-0.4, -0.2) is 18.7 Å². The molecular formula is C17H14BrN3OS. The second kappa shape index (κ2) is 7.39. The van der Waals surface area contributed by atoms with Crippen LogP contribution in [0, 0.1) is 0 Å². The van der Waals surface area contributed by atoms with Crippen LogP contribution in [0.1, 0.15) is 4.88 Å². The third kappa shape index (κ3) is 4.18. The van der Waals surface area contributed by atoms with E-state index in [1.54, 1.807) is 17.6 Å². The average Bonchev–Trinajstić information content (AvgIpc) is 2.98. The molecule has 0 aliphatic heterocycles. The van der Waals surface area contributed by atoms with Gasteiger partial charge in [-0.3, -0.25) is 4.79 Å². The Bertz CT molecular complexity index is 854. The van der Waals surface area contributed by atoms with Crippen molar-refractivity contribution in [3.63, 3.8) is 0 Å². The molecule has 3 rings (SSSR count). The van der Waals surface area contributed by atoms with Crippen LogP contribution < -0.4 is 10.7 Å². The van der Waals surface area contributed by atoms with Crippen molar-refractivity contribution in [3.05, 3.63) is 63.3 Å². The number of nitrogens with zero attached hydrogens (tertiary/aromatic N) is 1. The fourth-order valence-corrected chi connectivity index (χ4v) is 3.46. The van der Waals surface area contributed by atoms with E-state index in [1.165, 1.54) is 0 Å². The molecule has 4 nitrogen and oxygen atoms in total. The number of hydrogen-bond donors (Lipinski definition) is 2. The molecular weight excluding hydrogens is 374 g/mol. The lowest BCUT2D eigenvalue weighted by Gasteiger charge is -2.08. The van der Waals surface area contributed by atoms with Crippen LogP contribution in [0.2, 0.25) is 0 Å². The maximum Gasteiger partial charge on any atom is 0.259 e. The number of rotatable bonds is 5. The molecule has 1 heterocycles. The number of hydrazone groups is 1. The first-order valence-electron chi connectivity index (χ1n) is 7.00. The van der Waals surface area contributed by atoms with E-state index in [1.807, 2.05) is 53.9 Å². The largest absolute Gasteiger partial charge is 0.376 e. The molecule has 0 aliphatic carbocycles. The highest BCUT2D eigenvalue weighted by Gasteiger charge is 2.03. The van der Waals surface area contributed by atoms with Gasteiger partial charge in [0.2, 0.25) is 0 Å². The number of thiophene rings is 1. The van der Waals surface area contributed by atoms with Crippen LogP contribution in [0.5, 0.6) is 0 Å². The van der Waals surface area contributed by atoms with Crippen LogP contribution in [-0.2, 0) is 4.79 Å². The van der Waals surface area contributed by atoms with Gasteiger partial charge in [-0.25, -0.2) is 5.43 Å². The SMILES string of the molecule is O=C(CNc1cccc2ccccc12)N/N=C/c1cc(Br)cs1. The van der Waals surface area contributed by atoms with E-state index in [0.717, 1.165) is 25.8 Å². The van der Waals surface area contributed by atoms with Gasteiger partial charge < -0.3 is 5.32 Å². The molecule has 3 aromatic rings. The molecule has 0 unspecified atom stereocenters. The summed E-state index contributed by atoms with van der Waals surface area (Å²) in [5, 5.41) is 11.3. The topological polar surface area (TPSA) is 53.5 Å². The van der Waals surface area contributed by atoms with Gasteiger partial charge in [-0.2, -0.15) is 5.10 Å². The number of nitrogens with one attached hydrogen (secondary N) is 2. The predicted molar refractivity (Wildman–Crippen MR) is 100 cm³/mol. The molecule has 116 valence electrons. The van der Waals surface area contributed by atoms with Crippen molar-refractivity contribution in [1.82, 2.24) is 5.43 Å². The van der Waals surface area contributed by atoms with Crippen LogP contribution in [0.4, 0.5) is 5.69 Å². The molecule has 1 aromatic heterocycles. The quantitative estimate of drug-likeness (QED) is 0.508. The molecule has 0 bridgehead atoms. The van der Waals surface area contributed by atoms with Gasteiger partial charge in [0.05, 0.1) is 12.8 Å². The number of fused-ring (bicyclic) bond motifs is 1. The summed E-state index contributed by atoms with van der Waals surface area (Å²) in [6.45, 7) is 0.166. The van der Waals surface area contributed by atoms with Gasteiger partial charge in [-0.15, -0.1) is 11.3 Å². The van der Waals surface area contributed by atoms with Gasteiger partial charge in [0, 0.05) is 25.8 Å². The number of benzene rings is 2. The molecule has 0 spiro atoms. The molecule has 0 radical (unpaired) electrons. The molecule has 0 aliphatic rings. The van der Waals surface area contributed by atoms with Crippen LogP contribution >= 0.6 is 27.3 Å². The number of amides is 1. The molecule has 2 aromatic carbocycles. The van der Waals surface area contributed by atoms with E-state index in [2.05, 4.69) is 31.8 Å². The van der Waals surface area contributed by atoms with Crippen molar-refractivity contribution in [2.75, 3.05) is 11.9 Å². The average molecular weight is 388 g/mol. The van der Waals surface area contributed by atoms with E-state index in [0.29, 0.717) is 0 Å². The number of carbonyl (C=O) groups is 1. The van der Waals surface area contributed by atoms with Gasteiger partial charge >= 0.3 is 0 Å². The Labute approximate surface area is 146 Å². The molecule has 2 N–H and O–H groups in total. The van der Waals surface area contributed by atoms with E-state index >= 15 is 0 Å². The highest BCUT2D eigenvalue weighted by Crippen LogP contribution is 2.22. The van der Waals surface area contributed by atoms with Crippen LogP contribution in [0.3, 0.4) is 0 Å². The Hall–Kier alpha value is -2.18. The monoisotopic (exact) mass is 387 g/mol. The minimum atomic E-state index is -0.190. The lowest BCUT2D eigenvalue weighted by Crippen LogP contribution is -2.25. The Kier molecular flexibility index (Phi) is 5.05. The predicted octanol–water partition coefficient (Wildman–Crippen LogP) is 4.23. The molecule has 0 atom stereocenters. The van der Waals surface area contributed by atoms with Crippen molar-refractivity contribution in [3.8, 4) is 0 Å². The maximum absolute atomic E-state index is 11.9. The fraction of sp³-hybridized carbons (Fsp3) is 0.0588. The van der Waals surface area contributed by atoms with Crippen LogP contribution in [0.15, 0.2) is 63.5 Å². The molecule has 23 heavy (non-hydrogen) atoms. The number of anilines is 1. The summed E-state index contributed by atoms with van der Waals surface area (Å²) in [7, 11) is 0. The lowest BCUT2D eigenvalue weighted by atomic mass is 10.1. The van der Waals surface area contributed by atoms with Crippen molar-refractivity contribution in [2.45, 2.75) is 0 Å². The molecule has 1 amide bonds. The van der Waals surface area contributed by atoms with Gasteiger partial charge in [0.25, 0.3) is 5.91 Å². The molecule has 0 saturated carbocycles. The Morgan fingerprint density at radius 3 is 2.87 bits per heavy atom. The third-order valence-electron chi connectivity index (χ3n) is 3.20. The first-order chi connectivity index (χ1) is 11.2. The second-order valence-electron chi connectivity index (χ2n) is 4.84. The summed E-state index contributed by atoms with van der Waals surface area (Å²) in [6.07, 6.45) is 1.63. The normalized spacial score (nSPS) is 11.0. The summed E-state index contributed by atoms with van der Waals surface area (Å²) in [5.74, 6) is -0.190. The Balaban J connectivity index is 1.57. The zero-order valence-corrected chi connectivity index (χ0v) is 14.5. The fourth-order valence-electron chi connectivity index (χ4n) is 2.16. The van der Waals surface area contributed by atoms with Crippen LogP contribution in [0.25, 0.3) is 10.8 Å². The molecule has 0 saturated heterocycles. The number of halogens is 1. The highest BCUT2D eigenvalue weighted by molar-refractivity contribution is 9.10. The Morgan fingerprint density at radius 2 is 2.04 bits per heavy atom. The van der Waals surface area contributed by atoms with Gasteiger partial charge in [-0.1, -0.05) is 36.4 Å². The van der Waals surface area contributed by atoms with Gasteiger partial charge in [-0.05, 0) is 33.4 Å². The van der Waals surface area contributed by atoms with Crippen molar-refractivity contribution >= 4 is 55.8 Å². The standard InChI is InChI=1S/C17H14BrN3OS/c18-13-8-14(23-11-13)9-20-21-17(22)10-19-16-7-3-5-12-4-1-2-6-15(12)16/h1-9,11,19H,10H2,(H,21,22)/b20-9+. The minimum absolute atomic E-state index is 0.166. The maximum atomic E-state index is 11.9. The van der Waals surface area contributed by atoms with Gasteiger partial charge in [0.15, 0.2) is 0 Å². The summed E-state index contributed by atoms with van der Waals surface area (Å²) in [4.78, 5) is 12.8. The summed E-state index contributed by atoms with van der Waals surface area (Å²) in [5.41, 5.74) is 3.45. The van der Waals surface area contributed by atoms with E-state index in [4.69, 9.17) is 0 Å². The Morgan fingerprint density at radius 1 is 1.22 bits per heavy atom. The van der Waals surface area contributed by atoms with Crippen molar-refractivity contribution in [1.29, 1.82) is 0 Å². The molecule has 6 heteroatoms. The highest BCUT2D eigenvalue weighted by atomic mass is 79.9. The lowest BCUT2D eigenvalue weighted by molar-refractivity contribution is -0.119. The number of carbonyl (C=O) groups excluding carboxylic acids is 1. The summed E-state index contributed by atoms with van der Waals surface area (Å²) >= 11 is 4.92. The van der Waals surface area contributed by atoms with E-state index in [9.17, 15) is 4.79 Å². The zero-order chi connectivity index (χ0) is 16.1. The van der Waals surface area contributed by atoms with Gasteiger partial charge in [0.1, 0.15) is 0 Å². The first kappa shape index (κ1) is 15.7.